The number of benzene rings is 1. The highest BCUT2D eigenvalue weighted by Crippen LogP contribution is 2.28. The summed E-state index contributed by atoms with van der Waals surface area (Å²) in [6.07, 6.45) is -0.541. The average molecular weight is 239 g/mol. The normalized spacial score (nSPS) is 12.7. The van der Waals surface area contributed by atoms with Crippen molar-refractivity contribution in [1.29, 1.82) is 0 Å². The molecule has 0 aliphatic rings. The molecule has 0 saturated carbocycles. The summed E-state index contributed by atoms with van der Waals surface area (Å²) in [5.74, 6) is 0. The molecule has 1 heterocycles. The van der Waals surface area contributed by atoms with Gasteiger partial charge in [-0.2, -0.15) is 0 Å². The Hall–Kier alpha value is -0.830. The molecule has 3 heteroatoms. The van der Waals surface area contributed by atoms with Gasteiger partial charge in [0.1, 0.15) is 6.10 Å². The molecule has 2 aromatic rings. The van der Waals surface area contributed by atoms with Crippen LogP contribution in [0.5, 0.6) is 0 Å². The van der Waals surface area contributed by atoms with Crippen LogP contribution in [0.3, 0.4) is 0 Å². The van der Waals surface area contributed by atoms with E-state index in [4.69, 9.17) is 11.6 Å². The van der Waals surface area contributed by atoms with E-state index in [0.717, 1.165) is 21.0 Å². The lowest BCUT2D eigenvalue weighted by molar-refractivity contribution is 0.224. The smallest absolute Gasteiger partial charge is 0.113 e. The third-order valence-electron chi connectivity index (χ3n) is 2.31. The summed E-state index contributed by atoms with van der Waals surface area (Å²) in [5, 5.41) is 12.8. The third kappa shape index (κ3) is 2.23. The van der Waals surface area contributed by atoms with Crippen molar-refractivity contribution in [2.45, 2.75) is 13.0 Å². The summed E-state index contributed by atoms with van der Waals surface area (Å²) >= 11 is 7.48. The van der Waals surface area contributed by atoms with E-state index in [1.807, 2.05) is 42.6 Å². The minimum absolute atomic E-state index is 0.541. The van der Waals surface area contributed by atoms with Gasteiger partial charge in [0.15, 0.2) is 0 Å². The van der Waals surface area contributed by atoms with Gasteiger partial charge in [0, 0.05) is 9.90 Å². The van der Waals surface area contributed by atoms with Crippen molar-refractivity contribution < 1.29 is 5.11 Å². The second-order valence-corrected chi connectivity index (χ2v) is 4.81. The fourth-order valence-corrected chi connectivity index (χ4v) is 2.30. The van der Waals surface area contributed by atoms with Crippen LogP contribution in [0.25, 0.3) is 0 Å². The predicted octanol–water partition coefficient (Wildman–Crippen LogP) is 3.79. The number of hydrogen-bond acceptors (Lipinski definition) is 2. The van der Waals surface area contributed by atoms with Crippen LogP contribution in [0.4, 0.5) is 0 Å². The Labute approximate surface area is 98.0 Å². The quantitative estimate of drug-likeness (QED) is 0.844. The number of aryl methyl sites for hydroxylation is 1. The molecule has 0 fully saturated rings. The van der Waals surface area contributed by atoms with Crippen LogP contribution in [-0.4, -0.2) is 5.11 Å². The Morgan fingerprint density at radius 2 is 2.13 bits per heavy atom. The van der Waals surface area contributed by atoms with Crippen LogP contribution in [0.1, 0.15) is 22.1 Å². The molecular formula is C12H11ClOS. The molecule has 0 unspecified atom stereocenters. The standard InChI is InChI=1S/C12H11ClOS/c1-8-7-9(4-5-10(8)13)12(14)11-3-2-6-15-11/h2-7,12,14H,1H3/t12-/m1/s1. The molecule has 0 saturated heterocycles. The maximum atomic E-state index is 10.1. The lowest BCUT2D eigenvalue weighted by Gasteiger charge is -2.10. The fraction of sp³-hybridized carbons (Fsp3) is 0.167. The highest BCUT2D eigenvalue weighted by Gasteiger charge is 2.11. The van der Waals surface area contributed by atoms with Crippen molar-refractivity contribution in [3.05, 3.63) is 56.7 Å². The number of aliphatic hydroxyl groups excluding tert-OH is 1. The molecular weight excluding hydrogens is 228 g/mol. The molecule has 1 aromatic heterocycles. The summed E-state index contributed by atoms with van der Waals surface area (Å²) in [7, 11) is 0. The molecule has 2 rings (SSSR count). The molecule has 1 atom stereocenters. The Bertz CT molecular complexity index is 451. The van der Waals surface area contributed by atoms with Crippen LogP contribution in [0, 0.1) is 6.92 Å². The lowest BCUT2D eigenvalue weighted by Crippen LogP contribution is -1.97. The first kappa shape index (κ1) is 10.7. The molecule has 0 spiro atoms. The van der Waals surface area contributed by atoms with Crippen molar-refractivity contribution in [1.82, 2.24) is 0 Å². The topological polar surface area (TPSA) is 20.2 Å². The molecule has 0 aliphatic carbocycles. The molecule has 0 amide bonds. The van der Waals surface area contributed by atoms with Gasteiger partial charge in [-0.3, -0.25) is 0 Å². The molecule has 0 bridgehead atoms. The number of thiophene rings is 1. The van der Waals surface area contributed by atoms with Gasteiger partial charge in [0.25, 0.3) is 0 Å². The van der Waals surface area contributed by atoms with E-state index >= 15 is 0 Å². The Balaban J connectivity index is 2.34. The zero-order chi connectivity index (χ0) is 10.8. The summed E-state index contributed by atoms with van der Waals surface area (Å²) in [4.78, 5) is 0.955. The Morgan fingerprint density at radius 3 is 2.73 bits per heavy atom. The van der Waals surface area contributed by atoms with E-state index in [0.29, 0.717) is 0 Å². The number of rotatable bonds is 2. The predicted molar refractivity (Wildman–Crippen MR) is 64.6 cm³/mol. The highest BCUT2D eigenvalue weighted by atomic mass is 35.5. The minimum atomic E-state index is -0.541. The maximum absolute atomic E-state index is 10.1. The van der Waals surface area contributed by atoms with E-state index in [1.165, 1.54) is 0 Å². The van der Waals surface area contributed by atoms with Gasteiger partial charge in [0.05, 0.1) is 0 Å². The van der Waals surface area contributed by atoms with Crippen LogP contribution >= 0.6 is 22.9 Å². The van der Waals surface area contributed by atoms with Gasteiger partial charge in [-0.1, -0.05) is 29.8 Å². The lowest BCUT2D eigenvalue weighted by atomic mass is 10.1. The highest BCUT2D eigenvalue weighted by molar-refractivity contribution is 7.10. The van der Waals surface area contributed by atoms with Crippen LogP contribution < -0.4 is 0 Å². The van der Waals surface area contributed by atoms with E-state index in [9.17, 15) is 5.11 Å². The molecule has 1 nitrogen and oxygen atoms in total. The van der Waals surface area contributed by atoms with Gasteiger partial charge in [-0.05, 0) is 35.6 Å². The van der Waals surface area contributed by atoms with Crippen molar-refractivity contribution in [2.24, 2.45) is 0 Å². The van der Waals surface area contributed by atoms with Gasteiger partial charge < -0.3 is 5.11 Å². The molecule has 0 radical (unpaired) electrons. The summed E-state index contributed by atoms with van der Waals surface area (Å²) in [6.45, 7) is 1.94. The van der Waals surface area contributed by atoms with E-state index in [1.54, 1.807) is 11.3 Å². The number of halogens is 1. The summed E-state index contributed by atoms with van der Waals surface area (Å²) in [5.41, 5.74) is 1.88. The van der Waals surface area contributed by atoms with Crippen LogP contribution in [0.2, 0.25) is 5.02 Å². The zero-order valence-electron chi connectivity index (χ0n) is 8.27. The van der Waals surface area contributed by atoms with Gasteiger partial charge in [-0.25, -0.2) is 0 Å². The summed E-state index contributed by atoms with van der Waals surface area (Å²) < 4.78 is 0. The molecule has 1 aromatic carbocycles. The van der Waals surface area contributed by atoms with E-state index in [-0.39, 0.29) is 0 Å². The maximum Gasteiger partial charge on any atom is 0.113 e. The SMILES string of the molecule is Cc1cc([C@@H](O)c2cccs2)ccc1Cl. The molecule has 15 heavy (non-hydrogen) atoms. The van der Waals surface area contributed by atoms with E-state index < -0.39 is 6.10 Å². The Morgan fingerprint density at radius 1 is 1.33 bits per heavy atom. The van der Waals surface area contributed by atoms with E-state index in [2.05, 4.69) is 0 Å². The number of hydrogen-bond donors (Lipinski definition) is 1. The second-order valence-electron chi connectivity index (χ2n) is 3.43. The molecule has 0 aliphatic heterocycles. The van der Waals surface area contributed by atoms with Crippen molar-refractivity contribution in [3.63, 3.8) is 0 Å². The molecule has 78 valence electrons. The first-order valence-electron chi connectivity index (χ1n) is 4.66. The fourth-order valence-electron chi connectivity index (χ4n) is 1.45. The van der Waals surface area contributed by atoms with Gasteiger partial charge in [0.2, 0.25) is 0 Å². The summed E-state index contributed by atoms with van der Waals surface area (Å²) in [6, 6.07) is 9.47. The van der Waals surface area contributed by atoms with Crippen LogP contribution in [-0.2, 0) is 0 Å². The molecule has 1 N–H and O–H groups in total. The first-order chi connectivity index (χ1) is 7.18. The largest absolute Gasteiger partial charge is 0.383 e. The number of aliphatic hydroxyl groups is 1. The third-order valence-corrected chi connectivity index (χ3v) is 3.66. The van der Waals surface area contributed by atoms with Crippen LogP contribution in [0.15, 0.2) is 35.7 Å². The van der Waals surface area contributed by atoms with Crippen molar-refractivity contribution in [2.75, 3.05) is 0 Å². The van der Waals surface area contributed by atoms with Gasteiger partial charge >= 0.3 is 0 Å². The van der Waals surface area contributed by atoms with Crippen molar-refractivity contribution >= 4 is 22.9 Å². The average Bonchev–Trinajstić information content (AvgIpc) is 2.74. The monoisotopic (exact) mass is 238 g/mol. The minimum Gasteiger partial charge on any atom is -0.383 e. The Kier molecular flexibility index (Phi) is 3.10. The zero-order valence-corrected chi connectivity index (χ0v) is 9.85. The first-order valence-corrected chi connectivity index (χ1v) is 5.92. The van der Waals surface area contributed by atoms with Gasteiger partial charge in [-0.15, -0.1) is 11.3 Å². The second kappa shape index (κ2) is 4.35. The van der Waals surface area contributed by atoms with Crippen molar-refractivity contribution in [3.8, 4) is 0 Å².